The SMILES string of the molecule is COCCCCC1(CNC2CC2)CC2CC2C1. The molecule has 0 amide bonds. The number of fused-ring (bicyclic) bond motifs is 1. The van der Waals surface area contributed by atoms with Crippen molar-refractivity contribution in [2.75, 3.05) is 20.3 Å². The first-order chi connectivity index (χ1) is 8.31. The maximum Gasteiger partial charge on any atom is 0.0462 e. The molecule has 0 spiro atoms. The van der Waals surface area contributed by atoms with Gasteiger partial charge in [-0.1, -0.05) is 6.42 Å². The van der Waals surface area contributed by atoms with Gasteiger partial charge in [0, 0.05) is 26.3 Å². The van der Waals surface area contributed by atoms with E-state index in [-0.39, 0.29) is 0 Å². The molecule has 0 aromatic carbocycles. The smallest absolute Gasteiger partial charge is 0.0462 e. The first-order valence-corrected chi connectivity index (χ1v) is 7.54. The highest BCUT2D eigenvalue weighted by atomic mass is 16.5. The molecule has 0 bridgehead atoms. The molecular formula is C15H27NO. The minimum absolute atomic E-state index is 0.671. The minimum atomic E-state index is 0.671. The van der Waals surface area contributed by atoms with Crippen LogP contribution in [-0.4, -0.2) is 26.3 Å². The van der Waals surface area contributed by atoms with Gasteiger partial charge in [-0.3, -0.25) is 0 Å². The third kappa shape index (κ3) is 3.03. The van der Waals surface area contributed by atoms with E-state index in [1.54, 1.807) is 6.42 Å². The van der Waals surface area contributed by atoms with Crippen LogP contribution in [0.1, 0.15) is 51.4 Å². The normalized spacial score (nSPS) is 39.4. The van der Waals surface area contributed by atoms with Crippen molar-refractivity contribution in [2.45, 2.75) is 57.4 Å². The summed E-state index contributed by atoms with van der Waals surface area (Å²) in [5.41, 5.74) is 0.671. The second-order valence-electron chi connectivity index (χ2n) is 6.77. The lowest BCUT2D eigenvalue weighted by molar-refractivity contribution is 0.174. The van der Waals surface area contributed by atoms with Crippen molar-refractivity contribution in [3.8, 4) is 0 Å². The van der Waals surface area contributed by atoms with Gasteiger partial charge in [-0.05, 0) is 62.2 Å². The summed E-state index contributed by atoms with van der Waals surface area (Å²) in [6.07, 6.45) is 11.5. The van der Waals surface area contributed by atoms with Crippen molar-refractivity contribution in [3.05, 3.63) is 0 Å². The van der Waals surface area contributed by atoms with Crippen LogP contribution in [0, 0.1) is 17.3 Å². The summed E-state index contributed by atoms with van der Waals surface area (Å²) in [6, 6.07) is 0.878. The van der Waals surface area contributed by atoms with Crippen LogP contribution in [0.15, 0.2) is 0 Å². The summed E-state index contributed by atoms with van der Waals surface area (Å²) in [4.78, 5) is 0. The van der Waals surface area contributed by atoms with Gasteiger partial charge in [0.1, 0.15) is 0 Å². The zero-order chi connectivity index (χ0) is 11.7. The molecule has 0 radical (unpaired) electrons. The van der Waals surface area contributed by atoms with E-state index in [1.807, 2.05) is 7.11 Å². The molecule has 2 nitrogen and oxygen atoms in total. The monoisotopic (exact) mass is 237 g/mol. The van der Waals surface area contributed by atoms with Crippen LogP contribution in [-0.2, 0) is 4.74 Å². The number of methoxy groups -OCH3 is 1. The van der Waals surface area contributed by atoms with E-state index >= 15 is 0 Å². The average Bonchev–Trinajstić information content (AvgIpc) is 3.24. The molecule has 17 heavy (non-hydrogen) atoms. The van der Waals surface area contributed by atoms with E-state index in [1.165, 1.54) is 51.5 Å². The average molecular weight is 237 g/mol. The fourth-order valence-electron chi connectivity index (χ4n) is 3.84. The van der Waals surface area contributed by atoms with Gasteiger partial charge in [-0.25, -0.2) is 0 Å². The Bertz CT molecular complexity index is 252. The van der Waals surface area contributed by atoms with Crippen molar-refractivity contribution in [3.63, 3.8) is 0 Å². The van der Waals surface area contributed by atoms with Crippen molar-refractivity contribution < 1.29 is 4.74 Å². The Morgan fingerprint density at radius 2 is 1.94 bits per heavy atom. The van der Waals surface area contributed by atoms with E-state index in [4.69, 9.17) is 4.74 Å². The van der Waals surface area contributed by atoms with E-state index in [2.05, 4.69) is 5.32 Å². The van der Waals surface area contributed by atoms with E-state index in [0.29, 0.717) is 5.41 Å². The maximum absolute atomic E-state index is 5.16. The molecule has 3 aliphatic carbocycles. The lowest BCUT2D eigenvalue weighted by Gasteiger charge is -2.31. The topological polar surface area (TPSA) is 21.3 Å². The van der Waals surface area contributed by atoms with Gasteiger partial charge in [-0.2, -0.15) is 0 Å². The highest BCUT2D eigenvalue weighted by molar-refractivity contribution is 5.04. The third-order valence-electron chi connectivity index (χ3n) is 5.11. The minimum Gasteiger partial charge on any atom is -0.385 e. The van der Waals surface area contributed by atoms with Gasteiger partial charge in [-0.15, -0.1) is 0 Å². The second-order valence-corrected chi connectivity index (χ2v) is 6.77. The lowest BCUT2D eigenvalue weighted by atomic mass is 9.78. The zero-order valence-electron chi connectivity index (χ0n) is 11.2. The predicted molar refractivity (Wildman–Crippen MR) is 70.0 cm³/mol. The maximum atomic E-state index is 5.16. The standard InChI is InChI=1S/C15H27NO/c1-17-7-3-2-6-15(11-16-14-4-5-14)9-12-8-13(12)10-15/h12-14,16H,2-11H2,1H3. The molecule has 3 aliphatic rings. The fraction of sp³-hybridized carbons (Fsp3) is 1.00. The van der Waals surface area contributed by atoms with Gasteiger partial charge in [0.25, 0.3) is 0 Å². The van der Waals surface area contributed by atoms with E-state index in [0.717, 1.165) is 24.5 Å². The molecule has 0 saturated heterocycles. The molecular weight excluding hydrogens is 210 g/mol. The van der Waals surface area contributed by atoms with Crippen LogP contribution >= 0.6 is 0 Å². The van der Waals surface area contributed by atoms with Crippen LogP contribution in [0.25, 0.3) is 0 Å². The molecule has 0 aliphatic heterocycles. The highest BCUT2D eigenvalue weighted by Gasteiger charge is 2.53. The molecule has 3 saturated carbocycles. The van der Waals surface area contributed by atoms with Crippen LogP contribution in [0.3, 0.4) is 0 Å². The van der Waals surface area contributed by atoms with Crippen LogP contribution in [0.4, 0.5) is 0 Å². The Labute approximate surface area is 105 Å². The summed E-state index contributed by atoms with van der Waals surface area (Å²) in [7, 11) is 1.81. The molecule has 2 unspecified atom stereocenters. The zero-order valence-corrected chi connectivity index (χ0v) is 11.2. The van der Waals surface area contributed by atoms with Gasteiger partial charge in [0.2, 0.25) is 0 Å². The Balaban J connectivity index is 1.45. The molecule has 1 N–H and O–H groups in total. The largest absolute Gasteiger partial charge is 0.385 e. The first kappa shape index (κ1) is 12.0. The van der Waals surface area contributed by atoms with Crippen LogP contribution < -0.4 is 5.32 Å². The number of ether oxygens (including phenoxy) is 1. The number of unbranched alkanes of at least 4 members (excludes halogenated alkanes) is 1. The Morgan fingerprint density at radius 3 is 2.59 bits per heavy atom. The summed E-state index contributed by atoms with van der Waals surface area (Å²) in [5.74, 6) is 2.22. The Hall–Kier alpha value is -0.0800. The quantitative estimate of drug-likeness (QED) is 0.655. The van der Waals surface area contributed by atoms with Crippen LogP contribution in [0.5, 0.6) is 0 Å². The number of hydrogen-bond acceptors (Lipinski definition) is 2. The third-order valence-corrected chi connectivity index (χ3v) is 5.11. The van der Waals surface area contributed by atoms with Crippen molar-refractivity contribution in [1.29, 1.82) is 0 Å². The Kier molecular flexibility index (Phi) is 3.45. The fourth-order valence-corrected chi connectivity index (χ4v) is 3.84. The molecule has 0 heterocycles. The molecule has 3 rings (SSSR count). The summed E-state index contributed by atoms with van der Waals surface area (Å²) < 4.78 is 5.16. The summed E-state index contributed by atoms with van der Waals surface area (Å²) >= 11 is 0. The number of hydrogen-bond donors (Lipinski definition) is 1. The molecule has 0 aromatic heterocycles. The predicted octanol–water partition coefficient (Wildman–Crippen LogP) is 2.97. The molecule has 2 heteroatoms. The summed E-state index contributed by atoms with van der Waals surface area (Å²) in [6.45, 7) is 2.25. The number of rotatable bonds is 8. The second kappa shape index (κ2) is 4.89. The van der Waals surface area contributed by atoms with Crippen molar-refractivity contribution in [1.82, 2.24) is 5.32 Å². The van der Waals surface area contributed by atoms with Gasteiger partial charge in [0.05, 0.1) is 0 Å². The van der Waals surface area contributed by atoms with Crippen LogP contribution in [0.2, 0.25) is 0 Å². The Morgan fingerprint density at radius 1 is 1.18 bits per heavy atom. The molecule has 98 valence electrons. The van der Waals surface area contributed by atoms with Gasteiger partial charge < -0.3 is 10.1 Å². The lowest BCUT2D eigenvalue weighted by Crippen LogP contribution is -2.34. The number of nitrogens with one attached hydrogen (secondary N) is 1. The van der Waals surface area contributed by atoms with Gasteiger partial charge in [0.15, 0.2) is 0 Å². The highest BCUT2D eigenvalue weighted by Crippen LogP contribution is 2.61. The van der Waals surface area contributed by atoms with E-state index in [9.17, 15) is 0 Å². The van der Waals surface area contributed by atoms with E-state index < -0.39 is 0 Å². The molecule has 0 aromatic rings. The molecule has 2 atom stereocenters. The van der Waals surface area contributed by atoms with Crippen molar-refractivity contribution in [2.24, 2.45) is 17.3 Å². The van der Waals surface area contributed by atoms with Crippen molar-refractivity contribution >= 4 is 0 Å². The summed E-state index contributed by atoms with van der Waals surface area (Å²) in [5, 5.41) is 3.79. The molecule has 3 fully saturated rings. The van der Waals surface area contributed by atoms with Gasteiger partial charge >= 0.3 is 0 Å². The first-order valence-electron chi connectivity index (χ1n) is 7.54.